The standard InChI is InChI=1S/C15H18N2O4/c1-21-10-6-9(7-10)16-15(20)17-8-12(14(18)19)11-4-2-3-5-13(11)17/h2-5,9-10,12H,6-8H2,1H3,(H,16,20)(H,18,19). The van der Waals surface area contributed by atoms with E-state index >= 15 is 0 Å². The number of carboxylic acids is 1. The summed E-state index contributed by atoms with van der Waals surface area (Å²) in [5.41, 5.74) is 1.38. The predicted molar refractivity (Wildman–Crippen MR) is 76.5 cm³/mol. The number of aliphatic carboxylic acids is 1. The quantitative estimate of drug-likeness (QED) is 0.885. The van der Waals surface area contributed by atoms with Crippen molar-refractivity contribution in [1.82, 2.24) is 5.32 Å². The first-order valence-corrected chi connectivity index (χ1v) is 7.02. The number of benzene rings is 1. The molecule has 0 radical (unpaired) electrons. The number of para-hydroxylation sites is 1. The fourth-order valence-electron chi connectivity index (χ4n) is 2.94. The van der Waals surface area contributed by atoms with Gasteiger partial charge >= 0.3 is 12.0 Å². The van der Waals surface area contributed by atoms with E-state index in [4.69, 9.17) is 4.74 Å². The van der Waals surface area contributed by atoms with E-state index in [1.54, 1.807) is 25.3 Å². The van der Waals surface area contributed by atoms with E-state index in [9.17, 15) is 14.7 Å². The molecule has 2 N–H and O–H groups in total. The highest BCUT2D eigenvalue weighted by Crippen LogP contribution is 2.36. The highest BCUT2D eigenvalue weighted by molar-refractivity contribution is 5.98. The van der Waals surface area contributed by atoms with Gasteiger partial charge in [0, 0.05) is 25.4 Å². The van der Waals surface area contributed by atoms with Gasteiger partial charge in [0.15, 0.2) is 0 Å². The second-order valence-corrected chi connectivity index (χ2v) is 5.54. The van der Waals surface area contributed by atoms with Gasteiger partial charge in [0.1, 0.15) is 5.92 Å². The van der Waals surface area contributed by atoms with Crippen LogP contribution in [0.3, 0.4) is 0 Å². The lowest BCUT2D eigenvalue weighted by atomic mass is 9.89. The molecule has 1 aromatic rings. The lowest BCUT2D eigenvalue weighted by Crippen LogP contribution is -2.51. The molecule has 1 saturated carbocycles. The van der Waals surface area contributed by atoms with Crippen LogP contribution in [0.1, 0.15) is 24.3 Å². The van der Waals surface area contributed by atoms with Crippen molar-refractivity contribution in [2.75, 3.05) is 18.6 Å². The van der Waals surface area contributed by atoms with Crippen molar-refractivity contribution in [3.8, 4) is 0 Å². The van der Waals surface area contributed by atoms with Gasteiger partial charge in [-0.05, 0) is 24.5 Å². The molecule has 1 unspecified atom stereocenters. The van der Waals surface area contributed by atoms with Crippen molar-refractivity contribution < 1.29 is 19.4 Å². The largest absolute Gasteiger partial charge is 0.481 e. The molecule has 1 aliphatic carbocycles. The van der Waals surface area contributed by atoms with Crippen molar-refractivity contribution >= 4 is 17.7 Å². The molecule has 21 heavy (non-hydrogen) atoms. The Kier molecular flexibility index (Phi) is 3.55. The van der Waals surface area contributed by atoms with Gasteiger partial charge in [0.25, 0.3) is 0 Å². The zero-order chi connectivity index (χ0) is 15.0. The van der Waals surface area contributed by atoms with Crippen LogP contribution in [-0.4, -0.2) is 42.9 Å². The number of carboxylic acid groups (broad SMARTS) is 1. The number of nitrogens with one attached hydrogen (secondary N) is 1. The summed E-state index contributed by atoms with van der Waals surface area (Å²) >= 11 is 0. The molecule has 1 aromatic carbocycles. The van der Waals surface area contributed by atoms with Gasteiger partial charge in [-0.2, -0.15) is 0 Å². The number of rotatable bonds is 3. The van der Waals surface area contributed by atoms with E-state index in [0.29, 0.717) is 11.3 Å². The van der Waals surface area contributed by atoms with Crippen molar-refractivity contribution in [3.63, 3.8) is 0 Å². The maximum absolute atomic E-state index is 12.4. The Hall–Kier alpha value is -2.08. The summed E-state index contributed by atoms with van der Waals surface area (Å²) in [6.07, 6.45) is 1.83. The second kappa shape index (κ2) is 5.37. The van der Waals surface area contributed by atoms with Crippen LogP contribution in [-0.2, 0) is 9.53 Å². The number of anilines is 1. The average molecular weight is 290 g/mol. The molecule has 0 spiro atoms. The van der Waals surface area contributed by atoms with Crippen molar-refractivity contribution in [2.24, 2.45) is 0 Å². The van der Waals surface area contributed by atoms with Gasteiger partial charge in [-0.25, -0.2) is 4.79 Å². The highest BCUT2D eigenvalue weighted by Gasteiger charge is 2.38. The molecule has 6 heteroatoms. The fraction of sp³-hybridized carbons (Fsp3) is 0.467. The van der Waals surface area contributed by atoms with Gasteiger partial charge in [0.2, 0.25) is 0 Å². The molecule has 0 aromatic heterocycles. The first kappa shape index (κ1) is 13.9. The van der Waals surface area contributed by atoms with E-state index in [-0.39, 0.29) is 24.7 Å². The van der Waals surface area contributed by atoms with Crippen LogP contribution in [0.4, 0.5) is 10.5 Å². The molecule has 1 aliphatic heterocycles. The third-order valence-electron chi connectivity index (χ3n) is 4.27. The maximum atomic E-state index is 12.4. The average Bonchev–Trinajstić information content (AvgIpc) is 2.82. The molecule has 112 valence electrons. The number of nitrogens with zero attached hydrogens (tertiary/aromatic N) is 1. The SMILES string of the molecule is COC1CC(NC(=O)N2CC(C(=O)O)c3ccccc32)C1. The van der Waals surface area contributed by atoms with E-state index in [1.165, 1.54) is 4.90 Å². The molecule has 3 rings (SSSR count). The molecular formula is C15H18N2O4. The van der Waals surface area contributed by atoms with Crippen molar-refractivity contribution in [2.45, 2.75) is 30.9 Å². The van der Waals surface area contributed by atoms with E-state index in [1.807, 2.05) is 6.07 Å². The second-order valence-electron chi connectivity index (χ2n) is 5.54. The minimum Gasteiger partial charge on any atom is -0.481 e. The molecule has 0 bridgehead atoms. The molecular weight excluding hydrogens is 272 g/mol. The van der Waals surface area contributed by atoms with Crippen LogP contribution in [0.2, 0.25) is 0 Å². The van der Waals surface area contributed by atoms with E-state index < -0.39 is 11.9 Å². The molecule has 1 atom stereocenters. The zero-order valence-corrected chi connectivity index (χ0v) is 11.8. The minimum atomic E-state index is -0.902. The summed E-state index contributed by atoms with van der Waals surface area (Å²) in [7, 11) is 1.66. The van der Waals surface area contributed by atoms with Crippen molar-refractivity contribution in [1.29, 1.82) is 0 Å². The van der Waals surface area contributed by atoms with Crippen LogP contribution in [0, 0.1) is 0 Å². The van der Waals surface area contributed by atoms with Gasteiger partial charge in [0.05, 0.1) is 6.10 Å². The number of amides is 2. The lowest BCUT2D eigenvalue weighted by molar-refractivity contribution is -0.138. The van der Waals surface area contributed by atoms with Crippen LogP contribution in [0.15, 0.2) is 24.3 Å². The summed E-state index contributed by atoms with van der Waals surface area (Å²) in [5.74, 6) is -1.55. The maximum Gasteiger partial charge on any atom is 0.322 e. The summed E-state index contributed by atoms with van der Waals surface area (Å²) in [6.45, 7) is 0.181. The number of hydrogen-bond donors (Lipinski definition) is 2. The minimum absolute atomic E-state index is 0.110. The highest BCUT2D eigenvalue weighted by atomic mass is 16.5. The fourth-order valence-corrected chi connectivity index (χ4v) is 2.94. The molecule has 6 nitrogen and oxygen atoms in total. The Labute approximate surface area is 122 Å². The number of fused-ring (bicyclic) bond motifs is 1. The number of carbonyl (C=O) groups excluding carboxylic acids is 1. The third-order valence-corrected chi connectivity index (χ3v) is 4.27. The Balaban J connectivity index is 1.71. The Bertz CT molecular complexity index is 569. The summed E-state index contributed by atoms with van der Waals surface area (Å²) in [4.78, 5) is 25.2. The molecule has 1 fully saturated rings. The smallest absolute Gasteiger partial charge is 0.322 e. The molecule has 2 amide bonds. The molecule has 1 heterocycles. The van der Waals surface area contributed by atoms with Gasteiger partial charge in [-0.15, -0.1) is 0 Å². The predicted octanol–water partition coefficient (Wildman–Crippen LogP) is 1.56. The van der Waals surface area contributed by atoms with Crippen LogP contribution >= 0.6 is 0 Å². The Morgan fingerprint density at radius 3 is 2.71 bits per heavy atom. The van der Waals surface area contributed by atoms with Crippen molar-refractivity contribution in [3.05, 3.63) is 29.8 Å². The third kappa shape index (κ3) is 2.47. The van der Waals surface area contributed by atoms with Gasteiger partial charge in [-0.3, -0.25) is 9.69 Å². The normalized spacial score (nSPS) is 26.9. The van der Waals surface area contributed by atoms with Crippen LogP contribution in [0.25, 0.3) is 0 Å². The molecule has 0 saturated heterocycles. The first-order valence-electron chi connectivity index (χ1n) is 7.02. The number of hydrogen-bond acceptors (Lipinski definition) is 3. The number of urea groups is 1. The summed E-state index contributed by atoms with van der Waals surface area (Å²) < 4.78 is 5.19. The van der Waals surface area contributed by atoms with Gasteiger partial charge in [-0.1, -0.05) is 18.2 Å². The first-order chi connectivity index (χ1) is 10.1. The zero-order valence-electron chi connectivity index (χ0n) is 11.8. The Morgan fingerprint density at radius 1 is 1.33 bits per heavy atom. The monoisotopic (exact) mass is 290 g/mol. The topological polar surface area (TPSA) is 78.9 Å². The number of methoxy groups -OCH3 is 1. The number of ether oxygens (including phenoxy) is 1. The van der Waals surface area contributed by atoms with Crippen LogP contribution < -0.4 is 10.2 Å². The summed E-state index contributed by atoms with van der Waals surface area (Å²) in [5, 5.41) is 12.2. The molecule has 2 aliphatic rings. The Morgan fingerprint density at radius 2 is 2.05 bits per heavy atom. The van der Waals surface area contributed by atoms with Gasteiger partial charge < -0.3 is 15.2 Å². The van der Waals surface area contributed by atoms with Crippen LogP contribution in [0.5, 0.6) is 0 Å². The number of carbonyl (C=O) groups is 2. The lowest BCUT2D eigenvalue weighted by Gasteiger charge is -2.35. The van der Waals surface area contributed by atoms with E-state index in [0.717, 1.165) is 12.8 Å². The van der Waals surface area contributed by atoms with E-state index in [2.05, 4.69) is 5.32 Å². The summed E-state index contributed by atoms with van der Waals surface area (Å²) in [6, 6.07) is 7.05.